The number of piperidine rings is 2. The van der Waals surface area contributed by atoms with Crippen molar-refractivity contribution in [2.45, 2.75) is 44.1 Å². The molecule has 2 saturated heterocycles. The molecular formula is C22H30FN5O3S. The predicted octanol–water partition coefficient (Wildman–Crippen LogP) is 2.90. The minimum Gasteiger partial charge on any atom is -0.370 e. The summed E-state index contributed by atoms with van der Waals surface area (Å²) >= 11 is 0. The van der Waals surface area contributed by atoms with Gasteiger partial charge in [0.2, 0.25) is 5.91 Å². The summed E-state index contributed by atoms with van der Waals surface area (Å²) in [7, 11) is -1.93. The average Bonchev–Trinajstić information content (AvgIpc) is 3.13. The minimum atomic E-state index is -3.69. The Morgan fingerprint density at radius 2 is 1.81 bits per heavy atom. The zero-order valence-electron chi connectivity index (χ0n) is 18.6. The van der Waals surface area contributed by atoms with Gasteiger partial charge in [0.15, 0.2) is 5.03 Å². The smallest absolute Gasteiger partial charge is 0.262 e. The third kappa shape index (κ3) is 4.66. The number of aryl methyl sites for hydroxylation is 2. The summed E-state index contributed by atoms with van der Waals surface area (Å²) in [6.45, 7) is 4.02. The van der Waals surface area contributed by atoms with Gasteiger partial charge >= 0.3 is 0 Å². The second kappa shape index (κ2) is 9.19. The van der Waals surface area contributed by atoms with Crippen LogP contribution < -0.4 is 10.2 Å². The van der Waals surface area contributed by atoms with E-state index in [0.717, 1.165) is 31.6 Å². The van der Waals surface area contributed by atoms with Gasteiger partial charge in [0.05, 0.1) is 11.4 Å². The molecule has 0 radical (unpaired) electrons. The molecule has 0 atom stereocenters. The third-order valence-electron chi connectivity index (χ3n) is 6.43. The first-order valence-electron chi connectivity index (χ1n) is 11.1. The summed E-state index contributed by atoms with van der Waals surface area (Å²) in [6.07, 6.45) is 5.66. The summed E-state index contributed by atoms with van der Waals surface area (Å²) in [5.74, 6) is -0.297. The predicted molar refractivity (Wildman–Crippen MR) is 121 cm³/mol. The molecule has 1 aromatic heterocycles. The van der Waals surface area contributed by atoms with E-state index >= 15 is 0 Å². The highest BCUT2D eigenvalue weighted by Gasteiger charge is 2.34. The molecule has 8 nitrogen and oxygen atoms in total. The van der Waals surface area contributed by atoms with Crippen molar-refractivity contribution >= 4 is 27.3 Å². The third-order valence-corrected chi connectivity index (χ3v) is 8.20. The van der Waals surface area contributed by atoms with Crippen LogP contribution in [-0.2, 0) is 21.9 Å². The number of amides is 1. The van der Waals surface area contributed by atoms with Crippen LogP contribution in [-0.4, -0.2) is 54.4 Å². The van der Waals surface area contributed by atoms with E-state index in [1.54, 1.807) is 24.6 Å². The molecule has 1 amide bonds. The minimum absolute atomic E-state index is 0.0336. The molecule has 2 aliphatic heterocycles. The van der Waals surface area contributed by atoms with Crippen LogP contribution >= 0.6 is 0 Å². The van der Waals surface area contributed by atoms with E-state index < -0.39 is 15.8 Å². The van der Waals surface area contributed by atoms with Crippen LogP contribution in [0.3, 0.4) is 0 Å². The second-order valence-electron chi connectivity index (χ2n) is 8.61. The number of rotatable bonds is 5. The fourth-order valence-corrected chi connectivity index (χ4v) is 5.89. The standard InChI is InChI=1S/C22H30FN5O3S/c1-16-24-21(15-26(16)2)32(30,31)28-12-8-17(9-13-28)22(29)25-19-14-18(23)6-7-20(19)27-10-4-3-5-11-27/h6-7,14-15,17H,3-5,8-13H2,1-2H3,(H,25,29). The van der Waals surface area contributed by atoms with Crippen LogP contribution in [0.25, 0.3) is 0 Å². The first kappa shape index (κ1) is 22.7. The molecule has 4 rings (SSSR count). The number of benzene rings is 1. The summed E-state index contributed by atoms with van der Waals surface area (Å²) in [5.41, 5.74) is 1.32. The fourth-order valence-electron chi connectivity index (χ4n) is 4.39. The summed E-state index contributed by atoms with van der Waals surface area (Å²) in [4.78, 5) is 19.3. The quantitative estimate of drug-likeness (QED) is 0.737. The van der Waals surface area contributed by atoms with E-state index in [-0.39, 0.29) is 29.9 Å². The Hall–Kier alpha value is -2.46. The van der Waals surface area contributed by atoms with Gasteiger partial charge < -0.3 is 14.8 Å². The summed E-state index contributed by atoms with van der Waals surface area (Å²) < 4.78 is 42.8. The largest absolute Gasteiger partial charge is 0.370 e. The Labute approximate surface area is 188 Å². The second-order valence-corrected chi connectivity index (χ2v) is 10.5. The molecule has 3 heterocycles. The highest BCUT2D eigenvalue weighted by molar-refractivity contribution is 7.89. The number of carbonyl (C=O) groups excluding carboxylic acids is 1. The number of sulfonamides is 1. The lowest BCUT2D eigenvalue weighted by Gasteiger charge is -2.32. The van der Waals surface area contributed by atoms with Crippen LogP contribution in [0.1, 0.15) is 37.9 Å². The van der Waals surface area contributed by atoms with Gasteiger partial charge in [0.25, 0.3) is 10.0 Å². The molecule has 0 saturated carbocycles. The monoisotopic (exact) mass is 463 g/mol. The topological polar surface area (TPSA) is 87.5 Å². The van der Waals surface area contributed by atoms with E-state index in [1.165, 1.54) is 29.1 Å². The van der Waals surface area contributed by atoms with Crippen LogP contribution in [0.4, 0.5) is 15.8 Å². The average molecular weight is 464 g/mol. The van der Waals surface area contributed by atoms with Crippen molar-refractivity contribution in [1.29, 1.82) is 0 Å². The number of halogens is 1. The Morgan fingerprint density at radius 1 is 1.12 bits per heavy atom. The maximum absolute atomic E-state index is 13.9. The van der Waals surface area contributed by atoms with Gasteiger partial charge in [-0.3, -0.25) is 4.79 Å². The maximum Gasteiger partial charge on any atom is 0.262 e. The number of anilines is 2. The SMILES string of the molecule is Cc1nc(S(=O)(=O)N2CCC(C(=O)Nc3cc(F)ccc3N3CCCCC3)CC2)cn1C. The van der Waals surface area contributed by atoms with E-state index in [2.05, 4.69) is 15.2 Å². The highest BCUT2D eigenvalue weighted by atomic mass is 32.2. The Balaban J connectivity index is 1.41. The Kier molecular flexibility index (Phi) is 6.52. The number of imidazole rings is 1. The molecule has 0 aliphatic carbocycles. The van der Waals surface area contributed by atoms with Gasteiger partial charge in [-0.15, -0.1) is 0 Å². The van der Waals surface area contributed by atoms with E-state index in [4.69, 9.17) is 0 Å². The molecule has 0 spiro atoms. The summed E-state index contributed by atoms with van der Waals surface area (Å²) in [5, 5.41) is 2.94. The van der Waals surface area contributed by atoms with Gasteiger partial charge in [-0.2, -0.15) is 4.31 Å². The molecule has 1 N–H and O–H groups in total. The Bertz CT molecular complexity index is 1070. The molecule has 1 aromatic carbocycles. The molecule has 2 aromatic rings. The number of hydrogen-bond acceptors (Lipinski definition) is 5. The van der Waals surface area contributed by atoms with Gasteiger partial charge in [-0.25, -0.2) is 17.8 Å². The number of carbonyl (C=O) groups is 1. The number of nitrogens with one attached hydrogen (secondary N) is 1. The van der Waals surface area contributed by atoms with E-state index in [0.29, 0.717) is 24.4 Å². The first-order valence-corrected chi connectivity index (χ1v) is 12.5. The first-order chi connectivity index (χ1) is 15.3. The lowest BCUT2D eigenvalue weighted by molar-refractivity contribution is -0.120. The van der Waals surface area contributed by atoms with Gasteiger partial charge in [0, 0.05) is 45.3 Å². The van der Waals surface area contributed by atoms with Crippen molar-refractivity contribution in [2.24, 2.45) is 13.0 Å². The number of hydrogen-bond donors (Lipinski definition) is 1. The zero-order chi connectivity index (χ0) is 22.9. The molecule has 0 bridgehead atoms. The van der Waals surface area contributed by atoms with Crippen LogP contribution in [0.5, 0.6) is 0 Å². The molecule has 10 heteroatoms. The van der Waals surface area contributed by atoms with Crippen molar-refractivity contribution < 1.29 is 17.6 Å². The van der Waals surface area contributed by atoms with E-state index in [1.807, 2.05) is 0 Å². The maximum atomic E-state index is 13.9. The molecule has 174 valence electrons. The zero-order valence-corrected chi connectivity index (χ0v) is 19.4. The molecule has 2 fully saturated rings. The lowest BCUT2D eigenvalue weighted by Crippen LogP contribution is -2.41. The van der Waals surface area contributed by atoms with E-state index in [9.17, 15) is 17.6 Å². The van der Waals surface area contributed by atoms with Crippen molar-refractivity contribution in [3.05, 3.63) is 36.0 Å². The van der Waals surface area contributed by atoms with Crippen molar-refractivity contribution in [3.8, 4) is 0 Å². The summed E-state index contributed by atoms with van der Waals surface area (Å²) in [6, 6.07) is 4.51. The van der Waals surface area contributed by atoms with Gasteiger partial charge in [0.1, 0.15) is 11.6 Å². The van der Waals surface area contributed by atoms with Gasteiger partial charge in [-0.1, -0.05) is 0 Å². The Morgan fingerprint density at radius 3 is 2.44 bits per heavy atom. The van der Waals surface area contributed by atoms with Crippen LogP contribution in [0.2, 0.25) is 0 Å². The number of nitrogens with zero attached hydrogens (tertiary/aromatic N) is 4. The number of aromatic nitrogens is 2. The van der Waals surface area contributed by atoms with Crippen molar-refractivity contribution in [3.63, 3.8) is 0 Å². The lowest BCUT2D eigenvalue weighted by atomic mass is 9.97. The fraction of sp³-hybridized carbons (Fsp3) is 0.545. The normalized spacial score (nSPS) is 18.7. The van der Waals surface area contributed by atoms with Crippen molar-refractivity contribution in [1.82, 2.24) is 13.9 Å². The molecule has 32 heavy (non-hydrogen) atoms. The van der Waals surface area contributed by atoms with Crippen LogP contribution in [0.15, 0.2) is 29.4 Å². The molecular weight excluding hydrogens is 433 g/mol. The van der Waals surface area contributed by atoms with Gasteiger partial charge in [-0.05, 0) is 57.2 Å². The molecule has 0 unspecified atom stereocenters. The highest BCUT2D eigenvalue weighted by Crippen LogP contribution is 2.31. The van der Waals surface area contributed by atoms with Crippen molar-refractivity contribution in [2.75, 3.05) is 36.4 Å². The molecule has 2 aliphatic rings. The van der Waals surface area contributed by atoms with Crippen LogP contribution in [0, 0.1) is 18.7 Å².